The Bertz CT molecular complexity index is 384. The predicted octanol–water partition coefficient (Wildman–Crippen LogP) is -0.0619. The molecule has 0 aliphatic heterocycles. The molecule has 1 aliphatic rings. The van der Waals surface area contributed by atoms with Crippen molar-refractivity contribution in [2.24, 2.45) is 11.1 Å². The number of nitrogens with two attached hydrogens (primary N) is 1. The fourth-order valence-electron chi connectivity index (χ4n) is 2.32. The first-order chi connectivity index (χ1) is 8.77. The van der Waals surface area contributed by atoms with Crippen LogP contribution >= 0.6 is 0 Å². The lowest BCUT2D eigenvalue weighted by Gasteiger charge is -2.29. The summed E-state index contributed by atoms with van der Waals surface area (Å²) in [5.74, 6) is -2.73. The van der Waals surface area contributed by atoms with Crippen LogP contribution in [-0.4, -0.2) is 40.1 Å². The first-order valence-corrected chi connectivity index (χ1v) is 6.28. The Hall–Kier alpha value is -1.63. The van der Waals surface area contributed by atoms with Gasteiger partial charge in [-0.05, 0) is 26.2 Å². The first kappa shape index (κ1) is 15.4. The molecule has 0 bridgehead atoms. The lowest BCUT2D eigenvalue weighted by molar-refractivity contribution is -0.145. The van der Waals surface area contributed by atoms with Crippen LogP contribution in [0.5, 0.6) is 0 Å². The van der Waals surface area contributed by atoms with Crippen LogP contribution in [0.25, 0.3) is 0 Å². The zero-order valence-corrected chi connectivity index (χ0v) is 10.9. The van der Waals surface area contributed by atoms with E-state index in [9.17, 15) is 14.4 Å². The molecular formula is C12H20N2O5. The van der Waals surface area contributed by atoms with Crippen molar-refractivity contribution in [2.45, 2.75) is 51.1 Å². The van der Waals surface area contributed by atoms with Gasteiger partial charge in [-0.2, -0.15) is 0 Å². The largest absolute Gasteiger partial charge is 0.481 e. The second-order valence-corrected chi connectivity index (χ2v) is 5.21. The zero-order chi connectivity index (χ0) is 14.6. The number of carboxylic acid groups (broad SMARTS) is 2. The van der Waals surface area contributed by atoms with Crippen LogP contribution in [0.15, 0.2) is 0 Å². The molecular weight excluding hydrogens is 252 g/mol. The standard InChI is InChI=1S/C12H20N2O5/c1-12(6-2-3-8(12)13)11(19)14-7(10(17)18)4-5-9(15)16/h7-8H,2-6,13H2,1H3,(H,14,19)(H,15,16)(H,17,18). The van der Waals surface area contributed by atoms with Crippen molar-refractivity contribution < 1.29 is 24.6 Å². The number of carbonyl (C=O) groups excluding carboxylic acids is 1. The van der Waals surface area contributed by atoms with Gasteiger partial charge >= 0.3 is 11.9 Å². The minimum atomic E-state index is -1.23. The van der Waals surface area contributed by atoms with E-state index in [2.05, 4.69) is 5.32 Å². The summed E-state index contributed by atoms with van der Waals surface area (Å²) in [6.45, 7) is 1.72. The molecule has 108 valence electrons. The highest BCUT2D eigenvalue weighted by atomic mass is 16.4. The molecule has 0 radical (unpaired) electrons. The second-order valence-electron chi connectivity index (χ2n) is 5.21. The number of aliphatic carboxylic acids is 2. The summed E-state index contributed by atoms with van der Waals surface area (Å²) < 4.78 is 0. The summed E-state index contributed by atoms with van der Waals surface area (Å²) in [5, 5.41) is 19.9. The van der Waals surface area contributed by atoms with E-state index in [1.54, 1.807) is 6.92 Å². The lowest BCUT2D eigenvalue weighted by atomic mass is 9.84. The molecule has 1 amide bonds. The molecule has 0 spiro atoms. The van der Waals surface area contributed by atoms with Crippen molar-refractivity contribution in [3.63, 3.8) is 0 Å². The van der Waals surface area contributed by atoms with Gasteiger partial charge in [0.1, 0.15) is 6.04 Å². The minimum absolute atomic E-state index is 0.137. The van der Waals surface area contributed by atoms with Crippen LogP contribution < -0.4 is 11.1 Å². The van der Waals surface area contributed by atoms with Gasteiger partial charge in [-0.15, -0.1) is 0 Å². The maximum Gasteiger partial charge on any atom is 0.326 e. The Morgan fingerprint density at radius 1 is 1.42 bits per heavy atom. The minimum Gasteiger partial charge on any atom is -0.481 e. The maximum atomic E-state index is 12.1. The molecule has 0 heterocycles. The smallest absolute Gasteiger partial charge is 0.326 e. The van der Waals surface area contributed by atoms with Crippen molar-refractivity contribution in [3.8, 4) is 0 Å². The van der Waals surface area contributed by atoms with E-state index in [1.807, 2.05) is 0 Å². The van der Waals surface area contributed by atoms with E-state index >= 15 is 0 Å². The first-order valence-electron chi connectivity index (χ1n) is 6.28. The van der Waals surface area contributed by atoms with Crippen molar-refractivity contribution >= 4 is 17.8 Å². The van der Waals surface area contributed by atoms with Crippen LogP contribution in [0, 0.1) is 5.41 Å². The van der Waals surface area contributed by atoms with E-state index in [1.165, 1.54) is 0 Å². The number of amides is 1. The summed E-state index contributed by atoms with van der Waals surface area (Å²) >= 11 is 0. The van der Waals surface area contributed by atoms with Gasteiger partial charge in [0.25, 0.3) is 0 Å². The number of hydrogen-bond acceptors (Lipinski definition) is 4. The molecule has 0 aromatic carbocycles. The summed E-state index contributed by atoms with van der Waals surface area (Å²) in [6.07, 6.45) is 1.74. The van der Waals surface area contributed by atoms with Gasteiger partial charge in [-0.25, -0.2) is 4.79 Å². The normalized spacial score (nSPS) is 27.8. The Morgan fingerprint density at radius 2 is 2.05 bits per heavy atom. The van der Waals surface area contributed by atoms with Crippen molar-refractivity contribution in [3.05, 3.63) is 0 Å². The van der Waals surface area contributed by atoms with Crippen LogP contribution in [0.3, 0.4) is 0 Å². The quantitative estimate of drug-likeness (QED) is 0.536. The second kappa shape index (κ2) is 6.01. The number of hydrogen-bond donors (Lipinski definition) is 4. The SMILES string of the molecule is CC1(C(=O)NC(CCC(=O)O)C(=O)O)CCCC1N. The van der Waals surface area contributed by atoms with Crippen LogP contribution in [0.2, 0.25) is 0 Å². The number of carbonyl (C=O) groups is 3. The average molecular weight is 272 g/mol. The molecule has 1 rings (SSSR count). The summed E-state index contributed by atoms with van der Waals surface area (Å²) in [7, 11) is 0. The Morgan fingerprint density at radius 3 is 2.47 bits per heavy atom. The molecule has 3 atom stereocenters. The molecule has 1 aliphatic carbocycles. The van der Waals surface area contributed by atoms with Crippen molar-refractivity contribution in [2.75, 3.05) is 0 Å². The van der Waals surface area contributed by atoms with Crippen LogP contribution in [0.4, 0.5) is 0 Å². The molecule has 0 aromatic rings. The fraction of sp³-hybridized carbons (Fsp3) is 0.750. The van der Waals surface area contributed by atoms with Crippen LogP contribution in [-0.2, 0) is 14.4 Å². The maximum absolute atomic E-state index is 12.1. The summed E-state index contributed by atoms with van der Waals surface area (Å²) in [4.78, 5) is 33.6. The molecule has 0 saturated heterocycles. The monoisotopic (exact) mass is 272 g/mol. The van der Waals surface area contributed by atoms with Gasteiger partial charge in [-0.1, -0.05) is 6.42 Å². The Labute approximate surface area is 111 Å². The van der Waals surface area contributed by atoms with E-state index in [4.69, 9.17) is 15.9 Å². The summed E-state index contributed by atoms with van der Waals surface area (Å²) in [5.41, 5.74) is 5.12. The Kier molecular flexibility index (Phi) is 4.88. The van der Waals surface area contributed by atoms with Gasteiger partial charge in [0.05, 0.1) is 5.41 Å². The highest BCUT2D eigenvalue weighted by molar-refractivity contribution is 5.88. The van der Waals surface area contributed by atoms with E-state index < -0.39 is 29.3 Å². The third kappa shape index (κ3) is 3.66. The highest BCUT2D eigenvalue weighted by Crippen LogP contribution is 2.36. The molecule has 3 unspecified atom stereocenters. The molecule has 19 heavy (non-hydrogen) atoms. The lowest BCUT2D eigenvalue weighted by Crippen LogP contribution is -2.52. The molecule has 0 aromatic heterocycles. The van der Waals surface area contributed by atoms with Gasteiger partial charge in [0.15, 0.2) is 0 Å². The third-order valence-electron chi connectivity index (χ3n) is 3.80. The van der Waals surface area contributed by atoms with Crippen molar-refractivity contribution in [1.82, 2.24) is 5.32 Å². The van der Waals surface area contributed by atoms with Gasteiger partial charge in [0, 0.05) is 12.5 Å². The van der Waals surface area contributed by atoms with Crippen molar-refractivity contribution in [1.29, 1.82) is 0 Å². The zero-order valence-electron chi connectivity index (χ0n) is 10.9. The molecule has 1 fully saturated rings. The van der Waals surface area contributed by atoms with Gasteiger partial charge in [-0.3, -0.25) is 9.59 Å². The molecule has 7 nitrogen and oxygen atoms in total. The Balaban J connectivity index is 2.66. The van der Waals surface area contributed by atoms with Gasteiger partial charge < -0.3 is 21.3 Å². The molecule has 1 saturated carbocycles. The fourth-order valence-corrected chi connectivity index (χ4v) is 2.32. The topological polar surface area (TPSA) is 130 Å². The van der Waals surface area contributed by atoms with Gasteiger partial charge in [0.2, 0.25) is 5.91 Å². The average Bonchev–Trinajstić information content (AvgIpc) is 2.65. The van der Waals surface area contributed by atoms with Crippen LogP contribution in [0.1, 0.15) is 39.0 Å². The predicted molar refractivity (Wildman–Crippen MR) is 66.4 cm³/mol. The number of nitrogens with one attached hydrogen (secondary N) is 1. The third-order valence-corrected chi connectivity index (χ3v) is 3.80. The van der Waals surface area contributed by atoms with E-state index in [-0.39, 0.29) is 18.9 Å². The summed E-state index contributed by atoms with van der Waals surface area (Å²) in [6, 6.07) is -1.48. The van der Waals surface area contributed by atoms with E-state index in [0.717, 1.165) is 12.8 Å². The van der Waals surface area contributed by atoms with E-state index in [0.29, 0.717) is 6.42 Å². The number of carboxylic acids is 2. The molecule has 7 heteroatoms. The molecule has 5 N–H and O–H groups in total. The highest BCUT2D eigenvalue weighted by Gasteiger charge is 2.44. The number of rotatable bonds is 6.